The van der Waals surface area contributed by atoms with Gasteiger partial charge in [-0.25, -0.2) is 0 Å². The van der Waals surface area contributed by atoms with Gasteiger partial charge in [0.1, 0.15) is 0 Å². The molecular weight excluding hydrogens is 244 g/mol. The van der Waals surface area contributed by atoms with E-state index in [-0.39, 0.29) is 18.7 Å². The van der Waals surface area contributed by atoms with Crippen LogP contribution in [0.1, 0.15) is 25.7 Å². The fourth-order valence-electron chi connectivity index (χ4n) is 2.25. The second-order valence-corrected chi connectivity index (χ2v) is 4.65. The Hall–Kier alpha value is -2.04. The molecule has 19 heavy (non-hydrogen) atoms. The molecule has 1 aromatic rings. The lowest BCUT2D eigenvalue weighted by atomic mass is 10.2. The molecule has 102 valence electrons. The Labute approximate surface area is 112 Å². The number of rotatable bonds is 5. The molecule has 0 aromatic heterocycles. The zero-order chi connectivity index (χ0) is 13.7. The van der Waals surface area contributed by atoms with Gasteiger partial charge in [-0.2, -0.15) is 0 Å². The third-order valence-corrected chi connectivity index (χ3v) is 3.19. The molecule has 1 aliphatic rings. The summed E-state index contributed by atoms with van der Waals surface area (Å²) in [6.45, 7) is 2.00. The molecule has 1 aliphatic heterocycles. The minimum absolute atomic E-state index is 0.00364. The van der Waals surface area contributed by atoms with E-state index in [1.807, 2.05) is 24.3 Å². The Bertz CT molecular complexity index is 468. The van der Waals surface area contributed by atoms with E-state index in [4.69, 9.17) is 5.11 Å². The third-order valence-electron chi connectivity index (χ3n) is 3.19. The number of amides is 1. The van der Waals surface area contributed by atoms with Crippen molar-refractivity contribution in [2.45, 2.75) is 25.7 Å². The monoisotopic (exact) mass is 262 g/mol. The maximum absolute atomic E-state index is 11.7. The van der Waals surface area contributed by atoms with Crippen LogP contribution in [0.5, 0.6) is 0 Å². The van der Waals surface area contributed by atoms with E-state index in [2.05, 4.69) is 10.2 Å². The molecule has 1 fully saturated rings. The maximum Gasteiger partial charge on any atom is 0.303 e. The molecule has 1 aromatic carbocycles. The number of hydrogen-bond acceptors (Lipinski definition) is 3. The molecule has 0 spiro atoms. The molecule has 1 amide bonds. The molecule has 0 radical (unpaired) electrons. The zero-order valence-electron chi connectivity index (χ0n) is 10.8. The van der Waals surface area contributed by atoms with E-state index in [0.717, 1.165) is 24.5 Å². The van der Waals surface area contributed by atoms with Crippen molar-refractivity contribution in [3.05, 3.63) is 24.3 Å². The summed E-state index contributed by atoms with van der Waals surface area (Å²) >= 11 is 0. The highest BCUT2D eigenvalue weighted by Gasteiger charge is 2.16. The summed E-state index contributed by atoms with van der Waals surface area (Å²) in [6.07, 6.45) is 2.20. The number of carboxylic acids is 1. The second-order valence-electron chi connectivity index (χ2n) is 4.65. The summed E-state index contributed by atoms with van der Waals surface area (Å²) in [5.41, 5.74) is 1.78. The average Bonchev–Trinajstić information content (AvgIpc) is 2.91. The second kappa shape index (κ2) is 6.22. The topological polar surface area (TPSA) is 69.6 Å². The van der Waals surface area contributed by atoms with Crippen molar-refractivity contribution in [1.29, 1.82) is 0 Å². The van der Waals surface area contributed by atoms with Gasteiger partial charge in [0.25, 0.3) is 0 Å². The van der Waals surface area contributed by atoms with E-state index in [1.54, 1.807) is 0 Å². The minimum Gasteiger partial charge on any atom is -0.481 e. The fraction of sp³-hybridized carbons (Fsp3) is 0.429. The number of hydrogen-bond donors (Lipinski definition) is 2. The van der Waals surface area contributed by atoms with Gasteiger partial charge in [-0.05, 0) is 25.0 Å². The van der Waals surface area contributed by atoms with Crippen molar-refractivity contribution in [1.82, 2.24) is 0 Å². The van der Waals surface area contributed by atoms with Gasteiger partial charge in [0.15, 0.2) is 0 Å². The normalized spacial score (nSPS) is 14.4. The maximum atomic E-state index is 11.7. The average molecular weight is 262 g/mol. The number of para-hydroxylation sites is 2. The quantitative estimate of drug-likeness (QED) is 0.852. The molecular formula is C14H18N2O3. The van der Waals surface area contributed by atoms with Gasteiger partial charge in [-0.1, -0.05) is 12.1 Å². The first kappa shape index (κ1) is 13.4. The van der Waals surface area contributed by atoms with Gasteiger partial charge in [0, 0.05) is 19.5 Å². The van der Waals surface area contributed by atoms with Gasteiger partial charge in [-0.3, -0.25) is 9.59 Å². The van der Waals surface area contributed by atoms with Crippen molar-refractivity contribution in [3.63, 3.8) is 0 Å². The van der Waals surface area contributed by atoms with E-state index in [9.17, 15) is 9.59 Å². The highest BCUT2D eigenvalue weighted by Crippen LogP contribution is 2.28. The molecule has 5 nitrogen and oxygen atoms in total. The van der Waals surface area contributed by atoms with Crippen molar-refractivity contribution < 1.29 is 14.7 Å². The lowest BCUT2D eigenvalue weighted by molar-refractivity contribution is -0.138. The Kier molecular flexibility index (Phi) is 4.39. The molecule has 0 bridgehead atoms. The van der Waals surface area contributed by atoms with Crippen molar-refractivity contribution in [3.8, 4) is 0 Å². The highest BCUT2D eigenvalue weighted by molar-refractivity contribution is 5.95. The standard InChI is InChI=1S/C14H18N2O3/c17-13(7-8-14(18)19)15-11-5-1-2-6-12(11)16-9-3-4-10-16/h1-2,5-6H,3-4,7-10H2,(H,15,17)(H,18,19). The summed E-state index contributed by atoms with van der Waals surface area (Å²) in [5.74, 6) is -1.21. The number of benzene rings is 1. The summed E-state index contributed by atoms with van der Waals surface area (Å²) in [7, 11) is 0. The van der Waals surface area contributed by atoms with Crippen LogP contribution < -0.4 is 10.2 Å². The number of carboxylic acid groups (broad SMARTS) is 1. The lowest BCUT2D eigenvalue weighted by Crippen LogP contribution is -2.21. The van der Waals surface area contributed by atoms with Crippen LogP contribution in [-0.4, -0.2) is 30.1 Å². The van der Waals surface area contributed by atoms with Crippen LogP contribution in [0.2, 0.25) is 0 Å². The van der Waals surface area contributed by atoms with Crippen LogP contribution in [0.15, 0.2) is 24.3 Å². The fourth-order valence-corrected chi connectivity index (χ4v) is 2.25. The summed E-state index contributed by atoms with van der Waals surface area (Å²) < 4.78 is 0. The van der Waals surface area contributed by atoms with Crippen molar-refractivity contribution in [2.24, 2.45) is 0 Å². The predicted octanol–water partition coefficient (Wildman–Crippen LogP) is 2.09. The summed E-state index contributed by atoms with van der Waals surface area (Å²) in [4.78, 5) is 24.4. The lowest BCUT2D eigenvalue weighted by Gasteiger charge is -2.21. The molecule has 0 atom stereocenters. The Balaban J connectivity index is 2.03. The zero-order valence-corrected chi connectivity index (χ0v) is 10.8. The first-order chi connectivity index (χ1) is 9.16. The first-order valence-corrected chi connectivity index (χ1v) is 6.52. The minimum atomic E-state index is -0.956. The third kappa shape index (κ3) is 3.71. The van der Waals surface area contributed by atoms with E-state index in [1.165, 1.54) is 12.8 Å². The summed E-state index contributed by atoms with van der Waals surface area (Å²) in [5, 5.41) is 11.4. The van der Waals surface area contributed by atoms with Gasteiger partial charge < -0.3 is 15.3 Å². The number of nitrogens with one attached hydrogen (secondary N) is 1. The molecule has 1 saturated heterocycles. The highest BCUT2D eigenvalue weighted by atomic mass is 16.4. The van der Waals surface area contributed by atoms with Crippen LogP contribution >= 0.6 is 0 Å². The van der Waals surface area contributed by atoms with Crippen LogP contribution in [0.3, 0.4) is 0 Å². The Morgan fingerprint density at radius 1 is 1.16 bits per heavy atom. The van der Waals surface area contributed by atoms with E-state index < -0.39 is 5.97 Å². The van der Waals surface area contributed by atoms with Gasteiger partial charge >= 0.3 is 5.97 Å². The van der Waals surface area contributed by atoms with Crippen molar-refractivity contribution in [2.75, 3.05) is 23.3 Å². The molecule has 2 rings (SSSR count). The number of carbonyl (C=O) groups excluding carboxylic acids is 1. The van der Waals surface area contributed by atoms with Crippen LogP contribution in [-0.2, 0) is 9.59 Å². The number of nitrogens with zero attached hydrogens (tertiary/aromatic N) is 1. The number of aliphatic carboxylic acids is 1. The van der Waals surface area contributed by atoms with Crippen LogP contribution in [0.4, 0.5) is 11.4 Å². The van der Waals surface area contributed by atoms with E-state index >= 15 is 0 Å². The molecule has 1 heterocycles. The summed E-state index contributed by atoms with van der Waals surface area (Å²) in [6, 6.07) is 7.65. The number of carbonyl (C=O) groups is 2. The smallest absolute Gasteiger partial charge is 0.303 e. The molecule has 0 saturated carbocycles. The Morgan fingerprint density at radius 2 is 1.84 bits per heavy atom. The Morgan fingerprint density at radius 3 is 2.53 bits per heavy atom. The molecule has 5 heteroatoms. The molecule has 0 unspecified atom stereocenters. The van der Waals surface area contributed by atoms with Gasteiger partial charge in [-0.15, -0.1) is 0 Å². The van der Waals surface area contributed by atoms with E-state index in [0.29, 0.717) is 0 Å². The van der Waals surface area contributed by atoms with Crippen LogP contribution in [0.25, 0.3) is 0 Å². The SMILES string of the molecule is O=C(O)CCC(=O)Nc1ccccc1N1CCCC1. The van der Waals surface area contributed by atoms with Crippen molar-refractivity contribution >= 4 is 23.3 Å². The predicted molar refractivity (Wildman–Crippen MR) is 73.4 cm³/mol. The van der Waals surface area contributed by atoms with Crippen LogP contribution in [0, 0.1) is 0 Å². The first-order valence-electron chi connectivity index (χ1n) is 6.52. The van der Waals surface area contributed by atoms with Gasteiger partial charge in [0.2, 0.25) is 5.91 Å². The largest absolute Gasteiger partial charge is 0.481 e. The number of anilines is 2. The molecule has 2 N–H and O–H groups in total. The molecule has 0 aliphatic carbocycles. The van der Waals surface area contributed by atoms with Gasteiger partial charge in [0.05, 0.1) is 17.8 Å².